The second kappa shape index (κ2) is 8.28. The number of hydrogen-bond acceptors (Lipinski definition) is 3. The van der Waals surface area contributed by atoms with E-state index in [9.17, 15) is 0 Å². The van der Waals surface area contributed by atoms with Crippen molar-refractivity contribution in [1.29, 1.82) is 0 Å². The summed E-state index contributed by atoms with van der Waals surface area (Å²) in [4.78, 5) is 4.26. The van der Waals surface area contributed by atoms with Gasteiger partial charge in [0.25, 0.3) is 0 Å². The van der Waals surface area contributed by atoms with Gasteiger partial charge in [0, 0.05) is 6.54 Å². The van der Waals surface area contributed by atoms with E-state index in [1.54, 1.807) is 0 Å². The molecule has 0 amide bonds. The molecule has 1 heterocycles. The molecule has 0 aliphatic carbocycles. The van der Waals surface area contributed by atoms with E-state index in [0.29, 0.717) is 0 Å². The molecule has 1 aromatic rings. The van der Waals surface area contributed by atoms with Crippen molar-refractivity contribution >= 4 is 0 Å². The quantitative estimate of drug-likeness (QED) is 0.655. The molecule has 0 unspecified atom stereocenters. The molecule has 0 saturated heterocycles. The van der Waals surface area contributed by atoms with Crippen molar-refractivity contribution in [1.82, 2.24) is 20.1 Å². The van der Waals surface area contributed by atoms with Crippen molar-refractivity contribution in [3.05, 3.63) is 12.2 Å². The van der Waals surface area contributed by atoms with Crippen molar-refractivity contribution < 1.29 is 0 Å². The summed E-state index contributed by atoms with van der Waals surface area (Å²) in [6.07, 6.45) is 8.35. The summed E-state index contributed by atoms with van der Waals surface area (Å²) in [7, 11) is 0. The Hall–Kier alpha value is -0.900. The topological polar surface area (TPSA) is 42.7 Å². The highest BCUT2D eigenvalue weighted by Gasteiger charge is 1.99. The summed E-state index contributed by atoms with van der Waals surface area (Å²) >= 11 is 0. The van der Waals surface area contributed by atoms with Crippen molar-refractivity contribution in [3.8, 4) is 0 Å². The summed E-state index contributed by atoms with van der Waals surface area (Å²) in [5, 5.41) is 7.63. The van der Waals surface area contributed by atoms with Gasteiger partial charge in [0.15, 0.2) is 5.82 Å². The molecule has 0 saturated carbocycles. The molecule has 4 heteroatoms. The fourth-order valence-electron chi connectivity index (χ4n) is 1.64. The maximum Gasteiger partial charge on any atom is 0.164 e. The van der Waals surface area contributed by atoms with E-state index in [2.05, 4.69) is 29.2 Å². The summed E-state index contributed by atoms with van der Waals surface area (Å²) in [5.74, 6) is 0.899. The minimum Gasteiger partial charge on any atom is -0.310 e. The summed E-state index contributed by atoms with van der Waals surface area (Å²) in [6, 6.07) is 0. The van der Waals surface area contributed by atoms with Crippen LogP contribution in [-0.2, 0) is 13.1 Å². The van der Waals surface area contributed by atoms with Crippen molar-refractivity contribution in [2.24, 2.45) is 0 Å². The van der Waals surface area contributed by atoms with Gasteiger partial charge in [-0.1, -0.05) is 39.5 Å². The van der Waals surface area contributed by atoms with Gasteiger partial charge in [-0.25, -0.2) is 4.98 Å². The zero-order valence-electron chi connectivity index (χ0n) is 10.6. The summed E-state index contributed by atoms with van der Waals surface area (Å²) in [5.41, 5.74) is 0. The number of aryl methyl sites for hydroxylation is 1. The molecule has 0 atom stereocenters. The van der Waals surface area contributed by atoms with E-state index < -0.39 is 0 Å². The lowest BCUT2D eigenvalue weighted by Crippen LogP contribution is -2.13. The maximum absolute atomic E-state index is 4.41. The van der Waals surface area contributed by atoms with E-state index in [0.717, 1.165) is 25.5 Å². The Bertz CT molecular complexity index is 270. The number of hydrogen-bond donors (Lipinski definition) is 1. The average molecular weight is 224 g/mol. The van der Waals surface area contributed by atoms with Crippen LogP contribution in [0.1, 0.15) is 51.8 Å². The van der Waals surface area contributed by atoms with Gasteiger partial charge in [0.1, 0.15) is 6.33 Å². The highest BCUT2D eigenvalue weighted by molar-refractivity contribution is 4.80. The van der Waals surface area contributed by atoms with Crippen LogP contribution in [0.2, 0.25) is 0 Å². The van der Waals surface area contributed by atoms with Crippen LogP contribution < -0.4 is 5.32 Å². The Kier molecular flexibility index (Phi) is 6.81. The van der Waals surface area contributed by atoms with Crippen molar-refractivity contribution in [3.63, 3.8) is 0 Å². The zero-order valence-corrected chi connectivity index (χ0v) is 10.6. The third-order valence-corrected chi connectivity index (χ3v) is 2.61. The van der Waals surface area contributed by atoms with Crippen molar-refractivity contribution in [2.45, 2.75) is 59.0 Å². The van der Waals surface area contributed by atoms with E-state index in [4.69, 9.17) is 0 Å². The molecule has 0 aliphatic rings. The largest absolute Gasteiger partial charge is 0.310 e. The van der Waals surface area contributed by atoms with Gasteiger partial charge in [0.05, 0.1) is 6.54 Å². The summed E-state index contributed by atoms with van der Waals surface area (Å²) in [6.45, 7) is 7.07. The van der Waals surface area contributed by atoms with Gasteiger partial charge in [0.2, 0.25) is 0 Å². The average Bonchev–Trinajstić information content (AvgIpc) is 2.74. The fourth-order valence-corrected chi connectivity index (χ4v) is 1.64. The van der Waals surface area contributed by atoms with E-state index in [-0.39, 0.29) is 0 Å². The molecule has 16 heavy (non-hydrogen) atoms. The normalized spacial score (nSPS) is 10.9. The highest BCUT2D eigenvalue weighted by Crippen LogP contribution is 2.03. The lowest BCUT2D eigenvalue weighted by molar-refractivity contribution is 0.526. The molecule has 1 aromatic heterocycles. The number of nitrogens with zero attached hydrogens (tertiary/aromatic N) is 3. The van der Waals surface area contributed by atoms with Gasteiger partial charge >= 0.3 is 0 Å². The number of rotatable bonds is 9. The third-order valence-electron chi connectivity index (χ3n) is 2.61. The first-order valence-electron chi connectivity index (χ1n) is 6.45. The van der Waals surface area contributed by atoms with Crippen LogP contribution in [0.3, 0.4) is 0 Å². The fraction of sp³-hybridized carbons (Fsp3) is 0.833. The molecule has 92 valence electrons. The van der Waals surface area contributed by atoms with Gasteiger partial charge in [-0.3, -0.25) is 4.68 Å². The number of nitrogens with one attached hydrogen (secondary N) is 1. The zero-order chi connectivity index (χ0) is 11.6. The van der Waals surface area contributed by atoms with Gasteiger partial charge in [-0.15, -0.1) is 0 Å². The highest BCUT2D eigenvalue weighted by atomic mass is 15.3. The summed E-state index contributed by atoms with van der Waals surface area (Å²) < 4.78 is 1.96. The number of unbranched alkanes of at least 4 members (excludes halogenated alkanes) is 4. The second-order valence-corrected chi connectivity index (χ2v) is 4.12. The predicted octanol–water partition coefficient (Wildman–Crippen LogP) is 2.36. The lowest BCUT2D eigenvalue weighted by Gasteiger charge is -2.00. The molecule has 0 fully saturated rings. The van der Waals surface area contributed by atoms with Crippen LogP contribution >= 0.6 is 0 Å². The van der Waals surface area contributed by atoms with Crippen LogP contribution in [0.5, 0.6) is 0 Å². The van der Waals surface area contributed by atoms with Gasteiger partial charge in [-0.05, 0) is 13.0 Å². The Morgan fingerprint density at radius 3 is 2.75 bits per heavy atom. The van der Waals surface area contributed by atoms with Gasteiger partial charge < -0.3 is 5.32 Å². The molecular formula is C12H24N4. The van der Waals surface area contributed by atoms with E-state index in [1.165, 1.54) is 32.1 Å². The van der Waals surface area contributed by atoms with Crippen LogP contribution in [0, 0.1) is 0 Å². The third kappa shape index (κ3) is 5.26. The molecule has 1 N–H and O–H groups in total. The molecular weight excluding hydrogens is 200 g/mol. The Morgan fingerprint density at radius 1 is 1.19 bits per heavy atom. The standard InChI is InChI=1S/C12H24N4/c1-3-5-6-7-8-9-16-11-14-12(15-16)10-13-4-2/h11,13H,3-10H2,1-2H3. The molecule has 0 aliphatic heterocycles. The second-order valence-electron chi connectivity index (χ2n) is 4.12. The molecule has 0 radical (unpaired) electrons. The minimum atomic E-state index is 0.777. The first-order chi connectivity index (χ1) is 7.86. The number of aromatic nitrogens is 3. The maximum atomic E-state index is 4.41. The van der Waals surface area contributed by atoms with Crippen LogP contribution in [0.15, 0.2) is 6.33 Å². The minimum absolute atomic E-state index is 0.777. The van der Waals surface area contributed by atoms with Crippen LogP contribution in [0.4, 0.5) is 0 Å². The van der Waals surface area contributed by atoms with Crippen molar-refractivity contribution in [2.75, 3.05) is 6.54 Å². The smallest absolute Gasteiger partial charge is 0.164 e. The SMILES string of the molecule is CCCCCCCn1cnc(CNCC)n1. The van der Waals surface area contributed by atoms with Crippen LogP contribution in [-0.4, -0.2) is 21.3 Å². The Balaban J connectivity index is 2.14. The molecule has 4 nitrogen and oxygen atoms in total. The Morgan fingerprint density at radius 2 is 2.00 bits per heavy atom. The lowest BCUT2D eigenvalue weighted by atomic mass is 10.1. The predicted molar refractivity (Wildman–Crippen MR) is 66.2 cm³/mol. The Labute approximate surface area is 98.5 Å². The van der Waals surface area contributed by atoms with Gasteiger partial charge in [-0.2, -0.15) is 5.10 Å². The first-order valence-corrected chi connectivity index (χ1v) is 6.45. The molecule has 0 aromatic carbocycles. The monoisotopic (exact) mass is 224 g/mol. The molecule has 1 rings (SSSR count). The molecule has 0 spiro atoms. The van der Waals surface area contributed by atoms with E-state index in [1.807, 2.05) is 11.0 Å². The first kappa shape index (κ1) is 13.2. The molecule has 0 bridgehead atoms. The van der Waals surface area contributed by atoms with Crippen LogP contribution in [0.25, 0.3) is 0 Å². The van der Waals surface area contributed by atoms with E-state index >= 15 is 0 Å².